The zero-order valence-corrected chi connectivity index (χ0v) is 13.6. The SMILES string of the molecule is CCc1cccc(CC)c1NC(=O)N(C)C1CCCCC1. The lowest BCUT2D eigenvalue weighted by atomic mass is 9.95. The Morgan fingerprint density at radius 1 is 1.14 bits per heavy atom. The third-order valence-electron chi connectivity index (χ3n) is 4.67. The van der Waals surface area contributed by atoms with E-state index in [1.165, 1.54) is 30.4 Å². The maximum Gasteiger partial charge on any atom is 0.321 e. The molecule has 2 rings (SSSR count). The van der Waals surface area contributed by atoms with Gasteiger partial charge in [-0.05, 0) is 36.8 Å². The molecule has 0 unspecified atom stereocenters. The summed E-state index contributed by atoms with van der Waals surface area (Å²) in [5, 5.41) is 3.17. The zero-order chi connectivity index (χ0) is 15.2. The largest absolute Gasteiger partial charge is 0.325 e. The van der Waals surface area contributed by atoms with Crippen LogP contribution in [0.4, 0.5) is 10.5 Å². The summed E-state index contributed by atoms with van der Waals surface area (Å²) in [6, 6.07) is 6.73. The average Bonchev–Trinajstić information content (AvgIpc) is 2.55. The molecule has 1 aromatic rings. The molecule has 1 saturated carbocycles. The maximum atomic E-state index is 12.6. The molecule has 1 aromatic carbocycles. The Balaban J connectivity index is 2.11. The summed E-state index contributed by atoms with van der Waals surface area (Å²) in [6.07, 6.45) is 7.96. The van der Waals surface area contributed by atoms with Gasteiger partial charge in [-0.15, -0.1) is 0 Å². The van der Waals surface area contributed by atoms with Gasteiger partial charge in [0, 0.05) is 18.8 Å². The highest BCUT2D eigenvalue weighted by atomic mass is 16.2. The number of aryl methyl sites for hydroxylation is 2. The predicted octanol–water partition coefficient (Wildman–Crippen LogP) is 4.61. The number of benzene rings is 1. The highest BCUT2D eigenvalue weighted by Gasteiger charge is 2.22. The van der Waals surface area contributed by atoms with Crippen molar-refractivity contribution in [1.29, 1.82) is 0 Å². The summed E-state index contributed by atoms with van der Waals surface area (Å²) in [4.78, 5) is 14.5. The first-order valence-corrected chi connectivity index (χ1v) is 8.31. The number of nitrogens with one attached hydrogen (secondary N) is 1. The van der Waals surface area contributed by atoms with Crippen molar-refractivity contribution in [2.24, 2.45) is 0 Å². The number of para-hydroxylation sites is 1. The number of hydrogen-bond acceptors (Lipinski definition) is 1. The van der Waals surface area contributed by atoms with E-state index in [0.29, 0.717) is 6.04 Å². The number of anilines is 1. The Hall–Kier alpha value is -1.51. The third kappa shape index (κ3) is 3.78. The lowest BCUT2D eigenvalue weighted by Crippen LogP contribution is -2.41. The molecule has 1 aliphatic carbocycles. The molecule has 0 aromatic heterocycles. The van der Waals surface area contributed by atoms with Crippen molar-refractivity contribution in [2.45, 2.75) is 64.8 Å². The second-order valence-corrected chi connectivity index (χ2v) is 5.99. The molecule has 0 bridgehead atoms. The third-order valence-corrected chi connectivity index (χ3v) is 4.67. The van der Waals surface area contributed by atoms with E-state index in [2.05, 4.69) is 37.4 Å². The van der Waals surface area contributed by atoms with E-state index in [1.54, 1.807) is 0 Å². The van der Waals surface area contributed by atoms with E-state index in [9.17, 15) is 4.79 Å². The summed E-state index contributed by atoms with van der Waals surface area (Å²) < 4.78 is 0. The molecule has 1 fully saturated rings. The molecule has 0 atom stereocenters. The van der Waals surface area contributed by atoms with Gasteiger partial charge < -0.3 is 10.2 Å². The van der Waals surface area contributed by atoms with Crippen LogP contribution in [0, 0.1) is 0 Å². The summed E-state index contributed by atoms with van der Waals surface area (Å²) >= 11 is 0. The van der Waals surface area contributed by atoms with Crippen molar-refractivity contribution in [3.8, 4) is 0 Å². The molecule has 2 amide bonds. The van der Waals surface area contributed by atoms with Crippen molar-refractivity contribution in [1.82, 2.24) is 4.90 Å². The summed E-state index contributed by atoms with van der Waals surface area (Å²) in [5.41, 5.74) is 3.47. The predicted molar refractivity (Wildman–Crippen MR) is 88.9 cm³/mol. The van der Waals surface area contributed by atoms with Crippen molar-refractivity contribution in [3.05, 3.63) is 29.3 Å². The number of carbonyl (C=O) groups is 1. The maximum absolute atomic E-state index is 12.6. The molecule has 3 heteroatoms. The normalized spacial score (nSPS) is 15.8. The highest BCUT2D eigenvalue weighted by Crippen LogP contribution is 2.25. The quantitative estimate of drug-likeness (QED) is 0.862. The first kappa shape index (κ1) is 15.9. The van der Waals surface area contributed by atoms with Crippen LogP contribution in [0.5, 0.6) is 0 Å². The van der Waals surface area contributed by atoms with Crippen LogP contribution in [0.1, 0.15) is 57.1 Å². The smallest absolute Gasteiger partial charge is 0.321 e. The molecule has 1 N–H and O–H groups in total. The van der Waals surface area contributed by atoms with Crippen LogP contribution in [-0.2, 0) is 12.8 Å². The second kappa shape index (κ2) is 7.48. The molecule has 116 valence electrons. The van der Waals surface area contributed by atoms with E-state index >= 15 is 0 Å². The van der Waals surface area contributed by atoms with Crippen LogP contribution in [0.3, 0.4) is 0 Å². The monoisotopic (exact) mass is 288 g/mol. The van der Waals surface area contributed by atoms with Gasteiger partial charge in [-0.25, -0.2) is 4.79 Å². The second-order valence-electron chi connectivity index (χ2n) is 5.99. The Morgan fingerprint density at radius 3 is 2.24 bits per heavy atom. The number of hydrogen-bond donors (Lipinski definition) is 1. The lowest BCUT2D eigenvalue weighted by molar-refractivity contribution is 0.186. The summed E-state index contributed by atoms with van der Waals surface area (Å²) in [5.74, 6) is 0. The Labute approximate surface area is 128 Å². The van der Waals surface area contributed by atoms with Gasteiger partial charge in [0.05, 0.1) is 0 Å². The number of urea groups is 1. The zero-order valence-electron chi connectivity index (χ0n) is 13.6. The minimum absolute atomic E-state index is 0.0394. The number of amides is 2. The standard InChI is InChI=1S/C18H28N2O/c1-4-14-10-9-11-15(5-2)17(14)19-18(21)20(3)16-12-7-6-8-13-16/h9-11,16H,4-8,12-13H2,1-3H3,(H,19,21). The van der Waals surface area contributed by atoms with Gasteiger partial charge in [-0.1, -0.05) is 51.3 Å². The molecule has 1 aliphatic rings. The topological polar surface area (TPSA) is 32.3 Å². The molecule has 21 heavy (non-hydrogen) atoms. The van der Waals surface area contributed by atoms with Gasteiger partial charge in [0.2, 0.25) is 0 Å². The number of carbonyl (C=O) groups excluding carboxylic acids is 1. The first-order chi connectivity index (χ1) is 10.2. The van der Waals surface area contributed by atoms with Gasteiger partial charge in [0.1, 0.15) is 0 Å². The minimum Gasteiger partial charge on any atom is -0.325 e. The van der Waals surface area contributed by atoms with Crippen LogP contribution < -0.4 is 5.32 Å². The first-order valence-electron chi connectivity index (χ1n) is 8.31. The number of nitrogens with zero attached hydrogens (tertiary/aromatic N) is 1. The lowest BCUT2D eigenvalue weighted by Gasteiger charge is -2.31. The Morgan fingerprint density at radius 2 is 1.71 bits per heavy atom. The summed E-state index contributed by atoms with van der Waals surface area (Å²) in [7, 11) is 1.94. The van der Waals surface area contributed by atoms with Crippen molar-refractivity contribution >= 4 is 11.7 Å². The van der Waals surface area contributed by atoms with Crippen molar-refractivity contribution < 1.29 is 4.79 Å². The summed E-state index contributed by atoms with van der Waals surface area (Å²) in [6.45, 7) is 4.27. The van der Waals surface area contributed by atoms with Crippen molar-refractivity contribution in [3.63, 3.8) is 0 Å². The molecule has 3 nitrogen and oxygen atoms in total. The van der Waals surface area contributed by atoms with E-state index in [-0.39, 0.29) is 6.03 Å². The van der Waals surface area contributed by atoms with Crippen LogP contribution in [0.15, 0.2) is 18.2 Å². The van der Waals surface area contributed by atoms with Gasteiger partial charge in [0.25, 0.3) is 0 Å². The average molecular weight is 288 g/mol. The minimum atomic E-state index is 0.0394. The van der Waals surface area contributed by atoms with E-state index < -0.39 is 0 Å². The van der Waals surface area contributed by atoms with E-state index in [1.807, 2.05) is 11.9 Å². The fourth-order valence-corrected chi connectivity index (χ4v) is 3.23. The molecule has 0 aliphatic heterocycles. The molecule has 0 spiro atoms. The fraction of sp³-hybridized carbons (Fsp3) is 0.611. The van der Waals surface area contributed by atoms with Crippen molar-refractivity contribution in [2.75, 3.05) is 12.4 Å². The molecular formula is C18H28N2O. The van der Waals surface area contributed by atoms with Crippen LogP contribution >= 0.6 is 0 Å². The molecule has 0 saturated heterocycles. The van der Waals surface area contributed by atoms with Gasteiger partial charge >= 0.3 is 6.03 Å². The van der Waals surface area contributed by atoms with Gasteiger partial charge in [-0.2, -0.15) is 0 Å². The Kier molecular flexibility index (Phi) is 5.66. The van der Waals surface area contributed by atoms with Gasteiger partial charge in [-0.3, -0.25) is 0 Å². The molecule has 0 heterocycles. The number of rotatable bonds is 4. The van der Waals surface area contributed by atoms with Crippen LogP contribution in [0.25, 0.3) is 0 Å². The fourth-order valence-electron chi connectivity index (χ4n) is 3.23. The Bertz CT molecular complexity index is 456. The highest BCUT2D eigenvalue weighted by molar-refractivity contribution is 5.91. The molecule has 0 radical (unpaired) electrons. The molecular weight excluding hydrogens is 260 g/mol. The van der Waals surface area contributed by atoms with E-state index in [4.69, 9.17) is 0 Å². The van der Waals surface area contributed by atoms with E-state index in [0.717, 1.165) is 31.4 Å². The van der Waals surface area contributed by atoms with Gasteiger partial charge in [0.15, 0.2) is 0 Å². The van der Waals surface area contributed by atoms with Crippen LogP contribution in [-0.4, -0.2) is 24.0 Å². The van der Waals surface area contributed by atoms with Crippen LogP contribution in [0.2, 0.25) is 0 Å².